The number of hydrogen-bond donors (Lipinski definition) is 0. The van der Waals surface area contributed by atoms with Crippen LogP contribution in [0.3, 0.4) is 0 Å². The molecule has 1 unspecified atom stereocenters. The van der Waals surface area contributed by atoms with Crippen LogP contribution in [-0.2, 0) is 0 Å². The van der Waals surface area contributed by atoms with E-state index < -0.39 is 0 Å². The normalized spacial score (nSPS) is 16.3. The number of para-hydroxylation sites is 1. The molecule has 138 valence electrons. The van der Waals surface area contributed by atoms with Gasteiger partial charge < -0.3 is 14.4 Å². The molecular weight excluding hydrogens is 348 g/mol. The van der Waals surface area contributed by atoms with Crippen LogP contribution >= 0.6 is 0 Å². The highest BCUT2D eigenvalue weighted by Gasteiger charge is 2.30. The second-order valence-corrected chi connectivity index (χ2v) is 6.03. The number of aromatic nitrogens is 5. The molecule has 0 aliphatic carbocycles. The second kappa shape index (κ2) is 7.40. The van der Waals surface area contributed by atoms with Crippen molar-refractivity contribution in [3.05, 3.63) is 54.6 Å². The standard InChI is InChI=1S/C18H18N6O3/c1-26-16-10-19-11-17(21-16)27-14-7-8-23(12-14)18(25)15-9-20-24(22-15)13-5-3-2-4-6-13/h2-6,9-11,14H,7-8,12H2,1H3. The number of rotatable bonds is 5. The number of hydrogen-bond acceptors (Lipinski definition) is 7. The first kappa shape index (κ1) is 17.0. The van der Waals surface area contributed by atoms with Gasteiger partial charge in [0.05, 0.1) is 37.9 Å². The summed E-state index contributed by atoms with van der Waals surface area (Å²) in [6, 6.07) is 9.45. The molecule has 1 aliphatic heterocycles. The number of nitrogens with zero attached hydrogens (tertiary/aromatic N) is 6. The summed E-state index contributed by atoms with van der Waals surface area (Å²) in [5.74, 6) is 0.597. The maximum atomic E-state index is 12.7. The second-order valence-electron chi connectivity index (χ2n) is 6.03. The summed E-state index contributed by atoms with van der Waals surface area (Å²) in [5, 5.41) is 8.47. The number of amides is 1. The summed E-state index contributed by atoms with van der Waals surface area (Å²) in [4.78, 5) is 24.1. The third-order valence-corrected chi connectivity index (χ3v) is 4.22. The lowest BCUT2D eigenvalue weighted by Crippen LogP contribution is -2.31. The van der Waals surface area contributed by atoms with E-state index in [0.717, 1.165) is 5.69 Å². The van der Waals surface area contributed by atoms with E-state index in [2.05, 4.69) is 20.2 Å². The maximum Gasteiger partial charge on any atom is 0.276 e. The van der Waals surface area contributed by atoms with Crippen LogP contribution in [0, 0.1) is 0 Å². The van der Waals surface area contributed by atoms with Gasteiger partial charge in [-0.15, -0.1) is 5.10 Å². The highest BCUT2D eigenvalue weighted by atomic mass is 16.5. The van der Waals surface area contributed by atoms with E-state index >= 15 is 0 Å². The van der Waals surface area contributed by atoms with Crippen LogP contribution in [0.4, 0.5) is 0 Å². The molecule has 9 nitrogen and oxygen atoms in total. The lowest BCUT2D eigenvalue weighted by atomic mass is 10.3. The van der Waals surface area contributed by atoms with Crippen LogP contribution in [0.2, 0.25) is 0 Å². The van der Waals surface area contributed by atoms with Crippen LogP contribution < -0.4 is 9.47 Å². The number of carbonyl (C=O) groups excluding carboxylic acids is 1. The van der Waals surface area contributed by atoms with Crippen molar-refractivity contribution < 1.29 is 14.3 Å². The van der Waals surface area contributed by atoms with Gasteiger partial charge in [0.25, 0.3) is 5.91 Å². The number of likely N-dealkylation sites (tertiary alicyclic amines) is 1. The fraction of sp³-hybridized carbons (Fsp3) is 0.278. The largest absolute Gasteiger partial charge is 0.480 e. The average Bonchev–Trinajstić information content (AvgIpc) is 3.38. The Bertz CT molecular complexity index is 930. The Balaban J connectivity index is 1.40. The quantitative estimate of drug-likeness (QED) is 0.673. The van der Waals surface area contributed by atoms with Gasteiger partial charge in [-0.1, -0.05) is 18.2 Å². The minimum atomic E-state index is -0.167. The molecule has 1 amide bonds. The van der Waals surface area contributed by atoms with Gasteiger partial charge in [0.1, 0.15) is 6.10 Å². The van der Waals surface area contributed by atoms with Crippen LogP contribution in [0.5, 0.6) is 11.8 Å². The Kier molecular flexibility index (Phi) is 4.65. The van der Waals surface area contributed by atoms with Gasteiger partial charge in [-0.3, -0.25) is 9.78 Å². The SMILES string of the molecule is COc1cncc(OC2CCN(C(=O)c3cnn(-c4ccccc4)n3)C2)n1. The summed E-state index contributed by atoms with van der Waals surface area (Å²) < 4.78 is 10.9. The van der Waals surface area contributed by atoms with Crippen molar-refractivity contribution in [3.8, 4) is 17.4 Å². The Morgan fingerprint density at radius 2 is 1.96 bits per heavy atom. The minimum Gasteiger partial charge on any atom is -0.480 e. The van der Waals surface area contributed by atoms with Crippen molar-refractivity contribution in [1.82, 2.24) is 29.9 Å². The van der Waals surface area contributed by atoms with Crippen molar-refractivity contribution in [2.24, 2.45) is 0 Å². The molecule has 0 N–H and O–H groups in total. The molecule has 3 aromatic rings. The minimum absolute atomic E-state index is 0.153. The van der Waals surface area contributed by atoms with Gasteiger partial charge in [0.15, 0.2) is 5.69 Å². The van der Waals surface area contributed by atoms with Gasteiger partial charge in [0.2, 0.25) is 11.8 Å². The van der Waals surface area contributed by atoms with E-state index in [1.54, 1.807) is 4.90 Å². The number of carbonyl (C=O) groups is 1. The monoisotopic (exact) mass is 366 g/mol. The van der Waals surface area contributed by atoms with Gasteiger partial charge >= 0.3 is 0 Å². The summed E-state index contributed by atoms with van der Waals surface area (Å²) in [5.41, 5.74) is 1.11. The van der Waals surface area contributed by atoms with Crippen molar-refractivity contribution in [3.63, 3.8) is 0 Å². The smallest absolute Gasteiger partial charge is 0.276 e. The predicted octanol–water partition coefficient (Wildman–Crippen LogP) is 1.36. The van der Waals surface area contributed by atoms with E-state index in [1.165, 1.54) is 30.5 Å². The molecule has 0 radical (unpaired) electrons. The highest BCUT2D eigenvalue weighted by molar-refractivity contribution is 5.92. The molecule has 27 heavy (non-hydrogen) atoms. The summed E-state index contributed by atoms with van der Waals surface area (Å²) >= 11 is 0. The van der Waals surface area contributed by atoms with Crippen molar-refractivity contribution in [2.75, 3.05) is 20.2 Å². The molecule has 4 rings (SSSR count). The fourth-order valence-electron chi connectivity index (χ4n) is 2.87. The molecular formula is C18H18N6O3. The van der Waals surface area contributed by atoms with Crippen molar-refractivity contribution >= 4 is 5.91 Å². The van der Waals surface area contributed by atoms with Gasteiger partial charge in [0, 0.05) is 13.0 Å². The Labute approximate surface area is 155 Å². The lowest BCUT2D eigenvalue weighted by molar-refractivity contribution is 0.0764. The Morgan fingerprint density at radius 1 is 1.15 bits per heavy atom. The van der Waals surface area contributed by atoms with E-state index in [9.17, 15) is 4.79 Å². The zero-order chi connectivity index (χ0) is 18.6. The topological polar surface area (TPSA) is 95.3 Å². The molecule has 1 saturated heterocycles. The first-order valence-electron chi connectivity index (χ1n) is 8.52. The van der Waals surface area contributed by atoms with Crippen LogP contribution in [0.15, 0.2) is 48.9 Å². The van der Waals surface area contributed by atoms with Crippen LogP contribution in [0.1, 0.15) is 16.9 Å². The molecule has 3 heterocycles. The zero-order valence-corrected chi connectivity index (χ0v) is 14.7. The molecule has 0 bridgehead atoms. The summed E-state index contributed by atoms with van der Waals surface area (Å²) in [7, 11) is 1.52. The lowest BCUT2D eigenvalue weighted by Gasteiger charge is -2.15. The Hall–Kier alpha value is -3.49. The Morgan fingerprint density at radius 3 is 2.78 bits per heavy atom. The highest BCUT2D eigenvalue weighted by Crippen LogP contribution is 2.19. The molecule has 1 atom stereocenters. The fourth-order valence-corrected chi connectivity index (χ4v) is 2.87. The number of methoxy groups -OCH3 is 1. The predicted molar refractivity (Wildman–Crippen MR) is 94.9 cm³/mol. The molecule has 9 heteroatoms. The van der Waals surface area contributed by atoms with Gasteiger partial charge in [-0.25, -0.2) is 0 Å². The maximum absolute atomic E-state index is 12.7. The first-order valence-corrected chi connectivity index (χ1v) is 8.52. The van der Waals surface area contributed by atoms with E-state index in [1.807, 2.05) is 30.3 Å². The molecule has 1 fully saturated rings. The van der Waals surface area contributed by atoms with E-state index in [4.69, 9.17) is 9.47 Å². The van der Waals surface area contributed by atoms with Crippen LogP contribution in [0.25, 0.3) is 5.69 Å². The average molecular weight is 366 g/mol. The third-order valence-electron chi connectivity index (χ3n) is 4.22. The summed E-state index contributed by atoms with van der Waals surface area (Å²) in [6.45, 7) is 1.04. The van der Waals surface area contributed by atoms with Gasteiger partial charge in [-0.05, 0) is 12.1 Å². The van der Waals surface area contributed by atoms with E-state index in [-0.39, 0.29) is 12.0 Å². The molecule has 2 aromatic heterocycles. The molecule has 0 saturated carbocycles. The number of ether oxygens (including phenoxy) is 2. The zero-order valence-electron chi connectivity index (χ0n) is 14.7. The van der Waals surface area contributed by atoms with Crippen molar-refractivity contribution in [1.29, 1.82) is 0 Å². The summed E-state index contributed by atoms with van der Waals surface area (Å²) in [6.07, 6.45) is 5.07. The number of benzene rings is 1. The van der Waals surface area contributed by atoms with Gasteiger partial charge in [-0.2, -0.15) is 14.9 Å². The molecule has 1 aliphatic rings. The first-order chi connectivity index (χ1) is 13.2. The van der Waals surface area contributed by atoms with Crippen LogP contribution in [-0.4, -0.2) is 62.1 Å². The molecule has 1 aromatic carbocycles. The van der Waals surface area contributed by atoms with E-state index in [0.29, 0.717) is 37.0 Å². The third kappa shape index (κ3) is 3.71. The van der Waals surface area contributed by atoms with Crippen molar-refractivity contribution in [2.45, 2.75) is 12.5 Å². The molecule has 0 spiro atoms.